The minimum atomic E-state index is 0.112. The highest BCUT2D eigenvalue weighted by molar-refractivity contribution is 5.78. The van der Waals surface area contributed by atoms with Crippen molar-refractivity contribution in [1.82, 2.24) is 14.8 Å². The van der Waals surface area contributed by atoms with Gasteiger partial charge in [0.25, 0.3) is 0 Å². The van der Waals surface area contributed by atoms with E-state index in [-0.39, 0.29) is 5.91 Å². The molecule has 1 amide bonds. The fourth-order valence-electron chi connectivity index (χ4n) is 3.03. The van der Waals surface area contributed by atoms with Crippen LogP contribution in [0.1, 0.15) is 24.8 Å². The summed E-state index contributed by atoms with van der Waals surface area (Å²) in [6.07, 6.45) is 4.59. The van der Waals surface area contributed by atoms with E-state index in [1.54, 1.807) is 6.20 Å². The summed E-state index contributed by atoms with van der Waals surface area (Å²) < 4.78 is 12.0. The molecule has 27 heavy (non-hydrogen) atoms. The van der Waals surface area contributed by atoms with Crippen LogP contribution in [0.25, 0.3) is 0 Å². The van der Waals surface area contributed by atoms with E-state index in [1.165, 1.54) is 0 Å². The van der Waals surface area contributed by atoms with Gasteiger partial charge >= 0.3 is 0 Å². The van der Waals surface area contributed by atoms with Crippen molar-refractivity contribution in [2.24, 2.45) is 0 Å². The molecule has 1 aliphatic heterocycles. The highest BCUT2D eigenvalue weighted by Crippen LogP contribution is 2.32. The van der Waals surface area contributed by atoms with Gasteiger partial charge in [-0.25, -0.2) is 4.98 Å². The molecular weight excluding hydrogens is 342 g/mol. The fourth-order valence-corrected chi connectivity index (χ4v) is 3.03. The first-order chi connectivity index (χ1) is 13.1. The van der Waals surface area contributed by atoms with Crippen molar-refractivity contribution < 1.29 is 14.3 Å². The van der Waals surface area contributed by atoms with E-state index in [1.807, 2.05) is 60.3 Å². The topological polar surface area (TPSA) is 54.9 Å². The number of benzene rings is 1. The van der Waals surface area contributed by atoms with Crippen LogP contribution < -0.4 is 9.47 Å². The number of amides is 1. The number of para-hydroxylation sites is 2. The average molecular weight is 369 g/mol. The van der Waals surface area contributed by atoms with Crippen LogP contribution in [-0.4, -0.2) is 54.5 Å². The molecule has 6 heteroatoms. The third-order valence-corrected chi connectivity index (χ3v) is 4.40. The number of ether oxygens (including phenoxy) is 2. The Morgan fingerprint density at radius 3 is 2.74 bits per heavy atom. The van der Waals surface area contributed by atoms with Gasteiger partial charge in [0.2, 0.25) is 11.8 Å². The first kappa shape index (κ1) is 19.2. The third-order valence-electron chi connectivity index (χ3n) is 4.40. The van der Waals surface area contributed by atoms with E-state index in [4.69, 9.17) is 9.47 Å². The summed E-state index contributed by atoms with van der Waals surface area (Å²) in [5, 5.41) is 0. The highest BCUT2D eigenvalue weighted by atomic mass is 16.5. The molecule has 3 rings (SSSR count). The zero-order valence-corrected chi connectivity index (χ0v) is 16.1. The Morgan fingerprint density at radius 2 is 1.93 bits per heavy atom. The van der Waals surface area contributed by atoms with Crippen LogP contribution in [0.2, 0.25) is 0 Å². The molecule has 0 aliphatic carbocycles. The Hall–Kier alpha value is -2.60. The lowest BCUT2D eigenvalue weighted by molar-refractivity contribution is -0.132. The molecule has 2 heterocycles. The van der Waals surface area contributed by atoms with Crippen LogP contribution >= 0.6 is 0 Å². The zero-order valence-electron chi connectivity index (χ0n) is 16.1. The molecule has 0 N–H and O–H groups in total. The predicted molar refractivity (Wildman–Crippen MR) is 104 cm³/mol. The molecule has 0 saturated heterocycles. The second-order valence-corrected chi connectivity index (χ2v) is 6.98. The maximum Gasteiger partial charge on any atom is 0.237 e. The number of carbonyl (C=O) groups excluding carboxylic acids is 1. The average Bonchev–Trinajstić information content (AvgIpc) is 2.66. The van der Waals surface area contributed by atoms with E-state index >= 15 is 0 Å². The van der Waals surface area contributed by atoms with E-state index < -0.39 is 0 Å². The lowest BCUT2D eigenvalue weighted by Gasteiger charge is -2.25. The van der Waals surface area contributed by atoms with Gasteiger partial charge in [-0.2, -0.15) is 0 Å². The van der Waals surface area contributed by atoms with E-state index in [9.17, 15) is 4.79 Å². The largest absolute Gasteiger partial charge is 0.490 e. The van der Waals surface area contributed by atoms with Crippen molar-refractivity contribution in [2.75, 3.05) is 33.8 Å². The van der Waals surface area contributed by atoms with Gasteiger partial charge in [0.15, 0.2) is 11.5 Å². The minimum Gasteiger partial charge on any atom is -0.490 e. The molecule has 6 nitrogen and oxygen atoms in total. The van der Waals surface area contributed by atoms with Gasteiger partial charge < -0.3 is 19.3 Å². The maximum atomic E-state index is 12.7. The quantitative estimate of drug-likeness (QED) is 0.813. The van der Waals surface area contributed by atoms with Crippen molar-refractivity contribution in [1.29, 1.82) is 0 Å². The first-order valence-electron chi connectivity index (χ1n) is 9.39. The lowest BCUT2D eigenvalue weighted by atomic mass is 10.2. The molecule has 1 aromatic carbocycles. The predicted octanol–water partition coefficient (Wildman–Crippen LogP) is 3.33. The second kappa shape index (κ2) is 9.37. The SMILES string of the molecule is CN(C)CC(=O)N1CCCCCOc2ccccc2Oc2ncccc2C1. The number of hydrogen-bond acceptors (Lipinski definition) is 5. The molecule has 0 saturated carbocycles. The smallest absolute Gasteiger partial charge is 0.237 e. The van der Waals surface area contributed by atoms with Gasteiger partial charge in [-0.15, -0.1) is 0 Å². The van der Waals surface area contributed by atoms with Crippen LogP contribution in [0.15, 0.2) is 42.6 Å². The van der Waals surface area contributed by atoms with Crippen LogP contribution in [0.3, 0.4) is 0 Å². The summed E-state index contributed by atoms with van der Waals surface area (Å²) in [6, 6.07) is 11.5. The molecule has 1 aromatic heterocycles. The van der Waals surface area contributed by atoms with Crippen molar-refractivity contribution in [3.05, 3.63) is 48.2 Å². The van der Waals surface area contributed by atoms with Crippen molar-refractivity contribution in [2.45, 2.75) is 25.8 Å². The number of fused-ring (bicyclic) bond motifs is 2. The number of rotatable bonds is 2. The molecule has 144 valence electrons. The number of carbonyl (C=O) groups is 1. The standard InChI is InChI=1S/C21H27N3O3/c1-23(2)16-20(25)24-13-6-3-7-14-26-18-10-4-5-11-19(18)27-21-17(15-24)9-8-12-22-21/h4-5,8-12H,3,6-7,13-16H2,1-2H3. The maximum absolute atomic E-state index is 12.7. The molecule has 0 spiro atoms. The van der Waals surface area contributed by atoms with Gasteiger partial charge in [-0.05, 0) is 51.6 Å². The molecule has 0 fully saturated rings. The second-order valence-electron chi connectivity index (χ2n) is 6.98. The highest BCUT2D eigenvalue weighted by Gasteiger charge is 2.18. The molecule has 2 aromatic rings. The number of hydrogen-bond donors (Lipinski definition) is 0. The summed E-state index contributed by atoms with van der Waals surface area (Å²) in [7, 11) is 3.82. The van der Waals surface area contributed by atoms with Crippen molar-refractivity contribution >= 4 is 5.91 Å². The summed E-state index contributed by atoms with van der Waals surface area (Å²) >= 11 is 0. The Bertz CT molecular complexity index is 764. The Morgan fingerprint density at radius 1 is 1.11 bits per heavy atom. The third kappa shape index (κ3) is 5.44. The minimum absolute atomic E-state index is 0.112. The number of likely N-dealkylation sites (N-methyl/N-ethyl adjacent to an activating group) is 1. The summed E-state index contributed by atoms with van der Waals surface area (Å²) in [6.45, 7) is 2.22. The van der Waals surface area contributed by atoms with Crippen LogP contribution in [0, 0.1) is 0 Å². The van der Waals surface area contributed by atoms with E-state index in [0.717, 1.165) is 24.8 Å². The van der Waals surface area contributed by atoms with Gasteiger partial charge in [0.05, 0.1) is 19.7 Å². The first-order valence-corrected chi connectivity index (χ1v) is 9.39. The molecule has 0 atom stereocenters. The molecule has 0 bridgehead atoms. The fraction of sp³-hybridized carbons (Fsp3) is 0.429. The van der Waals surface area contributed by atoms with E-state index in [0.29, 0.717) is 43.6 Å². The van der Waals surface area contributed by atoms with Crippen molar-refractivity contribution in [3.8, 4) is 17.4 Å². The molecule has 0 radical (unpaired) electrons. The summed E-state index contributed by atoms with van der Waals surface area (Å²) in [4.78, 5) is 20.9. The van der Waals surface area contributed by atoms with Gasteiger partial charge in [-0.3, -0.25) is 4.79 Å². The summed E-state index contributed by atoms with van der Waals surface area (Å²) in [5.41, 5.74) is 0.888. The Kier molecular flexibility index (Phi) is 6.65. The lowest BCUT2D eigenvalue weighted by Crippen LogP contribution is -2.38. The monoisotopic (exact) mass is 369 g/mol. The van der Waals surface area contributed by atoms with Gasteiger partial charge in [0.1, 0.15) is 0 Å². The van der Waals surface area contributed by atoms with Gasteiger partial charge in [-0.1, -0.05) is 18.2 Å². The molecular formula is C21H27N3O3. The normalized spacial score (nSPS) is 15.3. The zero-order chi connectivity index (χ0) is 19.1. The number of pyridine rings is 1. The Balaban J connectivity index is 1.89. The molecule has 1 aliphatic rings. The van der Waals surface area contributed by atoms with Gasteiger partial charge in [0, 0.05) is 18.3 Å². The Labute approximate surface area is 160 Å². The van der Waals surface area contributed by atoms with Crippen LogP contribution in [0.4, 0.5) is 0 Å². The number of nitrogens with zero attached hydrogens (tertiary/aromatic N) is 3. The van der Waals surface area contributed by atoms with Crippen LogP contribution in [-0.2, 0) is 11.3 Å². The van der Waals surface area contributed by atoms with Crippen LogP contribution in [0.5, 0.6) is 17.4 Å². The van der Waals surface area contributed by atoms with Crippen molar-refractivity contribution in [3.63, 3.8) is 0 Å². The van der Waals surface area contributed by atoms with E-state index in [2.05, 4.69) is 4.98 Å². The molecule has 0 unspecified atom stereocenters. The summed E-state index contributed by atoms with van der Waals surface area (Å²) in [5.74, 6) is 1.98. The number of aromatic nitrogens is 1.